The normalized spacial score (nSPS) is 10.0. The predicted octanol–water partition coefficient (Wildman–Crippen LogP) is 4.06. The van der Waals surface area contributed by atoms with Crippen molar-refractivity contribution < 1.29 is 28.6 Å². The van der Waals surface area contributed by atoms with Crippen molar-refractivity contribution in [3.8, 4) is 11.5 Å². The minimum atomic E-state index is -0.673. The van der Waals surface area contributed by atoms with Gasteiger partial charge in [-0.2, -0.15) is 0 Å². The molecular weight excluding hydrogens is 386 g/mol. The summed E-state index contributed by atoms with van der Waals surface area (Å²) in [5.41, 5.74) is 1.07. The van der Waals surface area contributed by atoms with Crippen molar-refractivity contribution >= 4 is 23.5 Å². The Morgan fingerprint density at radius 2 is 1.30 bits per heavy atom. The van der Waals surface area contributed by atoms with Crippen LogP contribution >= 0.6 is 0 Å². The summed E-state index contributed by atoms with van der Waals surface area (Å²) >= 11 is 0. The van der Waals surface area contributed by atoms with Gasteiger partial charge >= 0.3 is 11.9 Å². The fourth-order valence-electron chi connectivity index (χ4n) is 2.50. The number of amides is 1. The largest absolute Gasteiger partial charge is 0.465 e. The van der Waals surface area contributed by atoms with Crippen LogP contribution in [0.15, 0.2) is 78.9 Å². The van der Waals surface area contributed by atoms with Crippen LogP contribution < -0.4 is 10.1 Å². The van der Waals surface area contributed by atoms with Gasteiger partial charge in [0, 0.05) is 5.69 Å². The molecule has 0 aliphatic carbocycles. The molecule has 30 heavy (non-hydrogen) atoms. The van der Waals surface area contributed by atoms with Gasteiger partial charge in [-0.05, 0) is 60.7 Å². The van der Waals surface area contributed by atoms with Gasteiger partial charge in [0.15, 0.2) is 6.61 Å². The third-order valence-electron chi connectivity index (χ3n) is 3.99. The van der Waals surface area contributed by atoms with Crippen molar-refractivity contribution in [2.45, 2.75) is 0 Å². The third-order valence-corrected chi connectivity index (χ3v) is 3.99. The van der Waals surface area contributed by atoms with Gasteiger partial charge in [0.05, 0.1) is 18.2 Å². The van der Waals surface area contributed by atoms with Crippen LogP contribution in [-0.2, 0) is 14.3 Å². The van der Waals surface area contributed by atoms with E-state index in [0.29, 0.717) is 22.7 Å². The van der Waals surface area contributed by atoms with Crippen LogP contribution in [0.4, 0.5) is 5.69 Å². The Bertz CT molecular complexity index is 1010. The average Bonchev–Trinajstić information content (AvgIpc) is 2.79. The zero-order valence-electron chi connectivity index (χ0n) is 16.2. The molecule has 0 saturated heterocycles. The Morgan fingerprint density at radius 3 is 1.90 bits per heavy atom. The molecule has 0 aliphatic rings. The molecule has 1 N–H and O–H groups in total. The first-order valence-electron chi connectivity index (χ1n) is 9.03. The molecule has 0 fully saturated rings. The second-order valence-electron chi connectivity index (χ2n) is 6.13. The van der Waals surface area contributed by atoms with E-state index in [0.717, 1.165) is 0 Å². The van der Waals surface area contributed by atoms with E-state index in [1.807, 2.05) is 30.3 Å². The Morgan fingerprint density at radius 1 is 0.733 bits per heavy atom. The smallest absolute Gasteiger partial charge is 0.338 e. The molecule has 0 unspecified atom stereocenters. The Balaban J connectivity index is 1.48. The van der Waals surface area contributed by atoms with Crippen LogP contribution in [-0.4, -0.2) is 31.6 Å². The molecule has 0 spiro atoms. The molecule has 0 heterocycles. The highest BCUT2D eigenvalue weighted by molar-refractivity contribution is 5.96. The van der Waals surface area contributed by atoms with Gasteiger partial charge in [0.2, 0.25) is 0 Å². The highest BCUT2D eigenvalue weighted by Crippen LogP contribution is 2.22. The van der Waals surface area contributed by atoms with E-state index >= 15 is 0 Å². The van der Waals surface area contributed by atoms with E-state index in [2.05, 4.69) is 10.1 Å². The monoisotopic (exact) mass is 405 g/mol. The molecule has 152 valence electrons. The maximum atomic E-state index is 12.0. The van der Waals surface area contributed by atoms with Crippen molar-refractivity contribution in [1.29, 1.82) is 0 Å². The molecule has 7 nitrogen and oxygen atoms in total. The first-order chi connectivity index (χ1) is 14.5. The Labute approximate surface area is 173 Å². The van der Waals surface area contributed by atoms with Crippen LogP contribution in [0.2, 0.25) is 0 Å². The number of rotatable bonds is 7. The van der Waals surface area contributed by atoms with Gasteiger partial charge in [-0.3, -0.25) is 4.79 Å². The zero-order chi connectivity index (χ0) is 21.3. The molecule has 3 aromatic rings. The summed E-state index contributed by atoms with van der Waals surface area (Å²) < 4.78 is 15.3. The predicted molar refractivity (Wildman–Crippen MR) is 110 cm³/mol. The maximum absolute atomic E-state index is 12.0. The first kappa shape index (κ1) is 20.6. The van der Waals surface area contributed by atoms with E-state index in [-0.39, 0.29) is 5.56 Å². The summed E-state index contributed by atoms with van der Waals surface area (Å²) in [6.07, 6.45) is 0. The molecule has 0 aliphatic heterocycles. The number of hydrogen-bond donors (Lipinski definition) is 1. The van der Waals surface area contributed by atoms with Crippen LogP contribution in [0.5, 0.6) is 11.5 Å². The van der Waals surface area contributed by atoms with Crippen LogP contribution in [0.3, 0.4) is 0 Å². The van der Waals surface area contributed by atoms with Crippen LogP contribution in [0, 0.1) is 0 Å². The summed E-state index contributed by atoms with van der Waals surface area (Å²) in [7, 11) is 1.27. The maximum Gasteiger partial charge on any atom is 0.338 e. The minimum absolute atomic E-state index is 0.220. The van der Waals surface area contributed by atoms with E-state index in [1.54, 1.807) is 24.3 Å². The summed E-state index contributed by atoms with van der Waals surface area (Å²) in [6, 6.07) is 21.9. The number of hydrogen-bond acceptors (Lipinski definition) is 6. The molecule has 7 heteroatoms. The summed E-state index contributed by atoms with van der Waals surface area (Å²) in [4.78, 5) is 35.5. The lowest BCUT2D eigenvalue weighted by Crippen LogP contribution is -2.20. The van der Waals surface area contributed by atoms with Crippen molar-refractivity contribution in [2.75, 3.05) is 19.0 Å². The SMILES string of the molecule is COC(=O)c1ccc(C(=O)OCC(=O)Nc2ccc(Oc3ccccc3)cc2)cc1. The summed E-state index contributed by atoms with van der Waals surface area (Å²) in [6.45, 7) is -0.445. The van der Waals surface area contributed by atoms with Crippen molar-refractivity contribution in [2.24, 2.45) is 0 Å². The lowest BCUT2D eigenvalue weighted by atomic mass is 10.1. The number of methoxy groups -OCH3 is 1. The number of esters is 2. The number of carbonyl (C=O) groups is 3. The molecule has 0 radical (unpaired) electrons. The molecule has 0 bridgehead atoms. The average molecular weight is 405 g/mol. The molecule has 3 rings (SSSR count). The van der Waals surface area contributed by atoms with Crippen LogP contribution in [0.1, 0.15) is 20.7 Å². The summed E-state index contributed by atoms with van der Waals surface area (Å²) in [5, 5.41) is 2.64. The zero-order valence-corrected chi connectivity index (χ0v) is 16.2. The van der Waals surface area contributed by atoms with Gasteiger partial charge in [-0.1, -0.05) is 18.2 Å². The van der Waals surface area contributed by atoms with Gasteiger partial charge < -0.3 is 19.5 Å². The Hall–Kier alpha value is -4.13. The number of para-hydroxylation sites is 1. The standard InChI is InChI=1S/C23H19NO6/c1-28-22(26)16-7-9-17(10-8-16)23(27)29-15-21(25)24-18-11-13-20(14-12-18)30-19-5-3-2-4-6-19/h2-14H,15H2,1H3,(H,24,25). The van der Waals surface area contributed by atoms with Gasteiger partial charge in [-0.25, -0.2) is 9.59 Å². The van der Waals surface area contributed by atoms with Gasteiger partial charge in [0.1, 0.15) is 11.5 Å². The molecule has 0 aromatic heterocycles. The van der Waals surface area contributed by atoms with Gasteiger partial charge in [-0.15, -0.1) is 0 Å². The van der Waals surface area contributed by atoms with E-state index < -0.39 is 24.5 Å². The van der Waals surface area contributed by atoms with E-state index in [4.69, 9.17) is 9.47 Å². The van der Waals surface area contributed by atoms with E-state index in [1.165, 1.54) is 31.4 Å². The highest BCUT2D eigenvalue weighted by atomic mass is 16.5. The fourth-order valence-corrected chi connectivity index (χ4v) is 2.50. The van der Waals surface area contributed by atoms with Crippen LogP contribution in [0.25, 0.3) is 0 Å². The molecule has 3 aromatic carbocycles. The highest BCUT2D eigenvalue weighted by Gasteiger charge is 2.12. The number of benzene rings is 3. The second-order valence-corrected chi connectivity index (χ2v) is 6.13. The number of anilines is 1. The number of ether oxygens (including phenoxy) is 3. The first-order valence-corrected chi connectivity index (χ1v) is 9.03. The fraction of sp³-hybridized carbons (Fsp3) is 0.0870. The lowest BCUT2D eigenvalue weighted by molar-refractivity contribution is -0.119. The number of carbonyl (C=O) groups excluding carboxylic acids is 3. The summed E-state index contributed by atoms with van der Waals surface area (Å²) in [5.74, 6) is -0.323. The quantitative estimate of drug-likeness (QED) is 0.596. The van der Waals surface area contributed by atoms with Crippen molar-refractivity contribution in [3.05, 3.63) is 90.0 Å². The Kier molecular flexibility index (Phi) is 6.78. The molecule has 0 saturated carbocycles. The lowest BCUT2D eigenvalue weighted by Gasteiger charge is -2.09. The second kappa shape index (κ2) is 9.88. The minimum Gasteiger partial charge on any atom is -0.465 e. The van der Waals surface area contributed by atoms with Crippen molar-refractivity contribution in [3.63, 3.8) is 0 Å². The van der Waals surface area contributed by atoms with Crippen molar-refractivity contribution in [1.82, 2.24) is 0 Å². The molecular formula is C23H19NO6. The molecule has 0 atom stereocenters. The third kappa shape index (κ3) is 5.68. The number of nitrogens with one attached hydrogen (secondary N) is 1. The van der Waals surface area contributed by atoms with Gasteiger partial charge in [0.25, 0.3) is 5.91 Å². The molecule has 1 amide bonds. The topological polar surface area (TPSA) is 90.9 Å². The van der Waals surface area contributed by atoms with E-state index in [9.17, 15) is 14.4 Å².